The lowest BCUT2D eigenvalue weighted by Gasteiger charge is -2.37. The van der Waals surface area contributed by atoms with Gasteiger partial charge in [-0.15, -0.1) is 0 Å². The van der Waals surface area contributed by atoms with Crippen molar-refractivity contribution in [2.45, 2.75) is 63.7 Å². The van der Waals surface area contributed by atoms with Gasteiger partial charge in [-0.3, -0.25) is 9.59 Å². The van der Waals surface area contributed by atoms with Gasteiger partial charge in [0, 0.05) is 49.5 Å². The van der Waals surface area contributed by atoms with Crippen molar-refractivity contribution in [3.05, 3.63) is 42.0 Å². The molecule has 30 heavy (non-hydrogen) atoms. The molecular weight excluding hydrogens is 380 g/mol. The van der Waals surface area contributed by atoms with Gasteiger partial charge in [-0.2, -0.15) is 4.98 Å². The standard InChI is InChI=1S/C23H30N4O3/c1-3-27(18-7-5-4-6-8-18)20(29)12-11-19(28)26-15-13-23(2,14-16-26)22-24-21(30-25-22)17-9-10-17/h4-8,17H,3,9-16H2,1-2H3. The molecule has 0 bridgehead atoms. The minimum atomic E-state index is -0.157. The molecule has 0 atom stereocenters. The molecule has 7 nitrogen and oxygen atoms in total. The van der Waals surface area contributed by atoms with Crippen LogP contribution < -0.4 is 4.90 Å². The van der Waals surface area contributed by atoms with Gasteiger partial charge in [0.1, 0.15) is 0 Å². The van der Waals surface area contributed by atoms with E-state index in [1.54, 1.807) is 4.90 Å². The molecule has 1 aliphatic heterocycles. The van der Waals surface area contributed by atoms with Crippen LogP contribution >= 0.6 is 0 Å². The molecule has 0 unspecified atom stereocenters. The van der Waals surface area contributed by atoms with E-state index in [-0.39, 0.29) is 30.1 Å². The highest BCUT2D eigenvalue weighted by molar-refractivity contribution is 5.95. The first-order chi connectivity index (χ1) is 14.5. The predicted molar refractivity (Wildman–Crippen MR) is 113 cm³/mol. The molecule has 0 radical (unpaired) electrons. The van der Waals surface area contributed by atoms with Crippen molar-refractivity contribution in [1.82, 2.24) is 15.0 Å². The largest absolute Gasteiger partial charge is 0.343 e. The van der Waals surface area contributed by atoms with E-state index in [4.69, 9.17) is 4.52 Å². The molecule has 1 saturated carbocycles. The number of piperidine rings is 1. The third kappa shape index (κ3) is 4.40. The number of amides is 2. The number of rotatable bonds is 7. The van der Waals surface area contributed by atoms with Crippen molar-refractivity contribution >= 4 is 17.5 Å². The van der Waals surface area contributed by atoms with E-state index >= 15 is 0 Å². The molecule has 1 aromatic heterocycles. The smallest absolute Gasteiger partial charge is 0.229 e. The zero-order valence-corrected chi connectivity index (χ0v) is 17.8. The van der Waals surface area contributed by atoms with Crippen LogP contribution in [0.4, 0.5) is 5.69 Å². The molecule has 2 aromatic rings. The summed E-state index contributed by atoms with van der Waals surface area (Å²) in [5.74, 6) is 2.02. The number of carbonyl (C=O) groups is 2. The fourth-order valence-electron chi connectivity index (χ4n) is 4.07. The van der Waals surface area contributed by atoms with Gasteiger partial charge in [-0.05, 0) is 44.7 Å². The second-order valence-corrected chi connectivity index (χ2v) is 8.65. The Bertz CT molecular complexity index is 883. The summed E-state index contributed by atoms with van der Waals surface area (Å²) in [6.07, 6.45) is 4.36. The minimum absolute atomic E-state index is 0.0155. The molecular formula is C23H30N4O3. The molecule has 1 aliphatic carbocycles. The third-order valence-corrected chi connectivity index (χ3v) is 6.37. The molecule has 2 heterocycles. The van der Waals surface area contributed by atoms with E-state index in [1.807, 2.05) is 42.2 Å². The molecule has 4 rings (SSSR count). The van der Waals surface area contributed by atoms with E-state index < -0.39 is 0 Å². The van der Waals surface area contributed by atoms with Crippen LogP contribution in [0.25, 0.3) is 0 Å². The number of hydrogen-bond acceptors (Lipinski definition) is 5. The van der Waals surface area contributed by atoms with Gasteiger partial charge in [-0.1, -0.05) is 30.3 Å². The van der Waals surface area contributed by atoms with Gasteiger partial charge in [0.05, 0.1) is 0 Å². The molecule has 7 heteroatoms. The molecule has 1 saturated heterocycles. The fourth-order valence-corrected chi connectivity index (χ4v) is 4.07. The monoisotopic (exact) mass is 410 g/mol. The van der Waals surface area contributed by atoms with Crippen molar-refractivity contribution in [3.8, 4) is 0 Å². The Hall–Kier alpha value is -2.70. The van der Waals surface area contributed by atoms with Gasteiger partial charge in [0.25, 0.3) is 0 Å². The Labute approximate surface area is 177 Å². The van der Waals surface area contributed by atoms with E-state index in [2.05, 4.69) is 17.1 Å². The van der Waals surface area contributed by atoms with Gasteiger partial charge < -0.3 is 14.3 Å². The van der Waals surface area contributed by atoms with Gasteiger partial charge in [0.15, 0.2) is 5.82 Å². The van der Waals surface area contributed by atoms with Crippen molar-refractivity contribution in [1.29, 1.82) is 0 Å². The first-order valence-corrected chi connectivity index (χ1v) is 11.0. The highest BCUT2D eigenvalue weighted by Crippen LogP contribution is 2.41. The maximum atomic E-state index is 12.7. The van der Waals surface area contributed by atoms with Crippen LogP contribution in [0, 0.1) is 0 Å². The van der Waals surface area contributed by atoms with Crippen LogP contribution in [0.2, 0.25) is 0 Å². The predicted octanol–water partition coefficient (Wildman–Crippen LogP) is 3.66. The quantitative estimate of drug-likeness (QED) is 0.696. The Morgan fingerprint density at radius 2 is 1.87 bits per heavy atom. The van der Waals surface area contributed by atoms with Crippen LogP contribution in [-0.4, -0.2) is 46.5 Å². The number of carbonyl (C=O) groups excluding carboxylic acids is 2. The summed E-state index contributed by atoms with van der Waals surface area (Å²) in [6.45, 7) is 6.01. The lowest BCUT2D eigenvalue weighted by Crippen LogP contribution is -2.44. The Kier molecular flexibility index (Phi) is 5.88. The number of para-hydroxylation sites is 1. The normalized spacial score (nSPS) is 18.3. The van der Waals surface area contributed by atoms with E-state index in [0.717, 1.165) is 43.1 Å². The highest BCUT2D eigenvalue weighted by Gasteiger charge is 2.39. The maximum Gasteiger partial charge on any atom is 0.229 e. The van der Waals surface area contributed by atoms with E-state index in [9.17, 15) is 9.59 Å². The summed E-state index contributed by atoms with van der Waals surface area (Å²) in [5.41, 5.74) is 0.715. The average Bonchev–Trinajstić information content (AvgIpc) is 3.49. The first-order valence-electron chi connectivity index (χ1n) is 11.0. The topological polar surface area (TPSA) is 79.5 Å². The molecule has 2 amide bonds. The number of hydrogen-bond donors (Lipinski definition) is 0. The second-order valence-electron chi connectivity index (χ2n) is 8.65. The van der Waals surface area contributed by atoms with Crippen molar-refractivity contribution in [3.63, 3.8) is 0 Å². The fraction of sp³-hybridized carbons (Fsp3) is 0.565. The number of nitrogens with zero attached hydrogens (tertiary/aromatic N) is 4. The summed E-state index contributed by atoms with van der Waals surface area (Å²) in [5, 5.41) is 4.22. The Morgan fingerprint density at radius 1 is 1.17 bits per heavy atom. The molecule has 0 spiro atoms. The SMILES string of the molecule is CCN(C(=O)CCC(=O)N1CCC(C)(c2noc(C3CC3)n2)CC1)c1ccccc1. The molecule has 2 aliphatic rings. The number of aromatic nitrogens is 2. The van der Waals surface area contributed by atoms with Crippen LogP contribution in [0.1, 0.15) is 70.0 Å². The summed E-state index contributed by atoms with van der Waals surface area (Å²) in [4.78, 5) is 33.6. The number of likely N-dealkylation sites (tertiary alicyclic amines) is 1. The van der Waals surface area contributed by atoms with Crippen LogP contribution in [0.5, 0.6) is 0 Å². The minimum Gasteiger partial charge on any atom is -0.343 e. The van der Waals surface area contributed by atoms with Crippen LogP contribution in [0.15, 0.2) is 34.9 Å². The Morgan fingerprint density at radius 3 is 2.50 bits per heavy atom. The first kappa shape index (κ1) is 20.6. The second kappa shape index (κ2) is 8.58. The van der Waals surface area contributed by atoms with Crippen molar-refractivity contribution in [2.24, 2.45) is 0 Å². The van der Waals surface area contributed by atoms with E-state index in [1.165, 1.54) is 0 Å². The van der Waals surface area contributed by atoms with Crippen LogP contribution in [0.3, 0.4) is 0 Å². The number of benzene rings is 1. The number of anilines is 1. The lowest BCUT2D eigenvalue weighted by atomic mass is 9.79. The third-order valence-electron chi connectivity index (χ3n) is 6.37. The average molecular weight is 411 g/mol. The zero-order chi connectivity index (χ0) is 21.1. The van der Waals surface area contributed by atoms with Crippen molar-refractivity contribution < 1.29 is 14.1 Å². The maximum absolute atomic E-state index is 12.7. The molecule has 1 aromatic carbocycles. The van der Waals surface area contributed by atoms with Gasteiger partial charge >= 0.3 is 0 Å². The summed E-state index contributed by atoms with van der Waals surface area (Å²) < 4.78 is 5.43. The zero-order valence-electron chi connectivity index (χ0n) is 17.8. The summed E-state index contributed by atoms with van der Waals surface area (Å²) in [7, 11) is 0. The highest BCUT2D eigenvalue weighted by atomic mass is 16.5. The lowest BCUT2D eigenvalue weighted by molar-refractivity contribution is -0.134. The molecule has 160 valence electrons. The van der Waals surface area contributed by atoms with Gasteiger partial charge in [0.2, 0.25) is 17.7 Å². The van der Waals surface area contributed by atoms with Crippen molar-refractivity contribution in [2.75, 3.05) is 24.5 Å². The van der Waals surface area contributed by atoms with Crippen LogP contribution in [-0.2, 0) is 15.0 Å². The van der Waals surface area contributed by atoms with E-state index in [0.29, 0.717) is 25.6 Å². The van der Waals surface area contributed by atoms with Gasteiger partial charge in [-0.25, -0.2) is 0 Å². The molecule has 2 fully saturated rings. The summed E-state index contributed by atoms with van der Waals surface area (Å²) in [6, 6.07) is 9.59. The summed E-state index contributed by atoms with van der Waals surface area (Å²) >= 11 is 0. The Balaban J connectivity index is 1.28. The molecule has 0 N–H and O–H groups in total.